The third-order valence-electron chi connectivity index (χ3n) is 5.86. The van der Waals surface area contributed by atoms with Gasteiger partial charge in [-0.1, -0.05) is 0 Å². The number of nitrogen functional groups attached to an aromatic ring is 1. The van der Waals surface area contributed by atoms with Crippen LogP contribution in [0.4, 0.5) is 11.8 Å². The SMILES string of the molecule is CS.Cc1c(CN2CCNCC2)sc2c(N3CCOCC3)nc(-c3cnc(N)nc3)cc12. The van der Waals surface area contributed by atoms with Gasteiger partial charge in [-0.25, -0.2) is 15.0 Å². The minimum absolute atomic E-state index is 0.276. The summed E-state index contributed by atoms with van der Waals surface area (Å²) >= 11 is 5.41. The lowest BCUT2D eigenvalue weighted by Crippen LogP contribution is -2.42. The van der Waals surface area contributed by atoms with Crippen LogP contribution in [-0.4, -0.2) is 78.6 Å². The Morgan fingerprint density at radius 1 is 1.12 bits per heavy atom. The second-order valence-corrected chi connectivity index (χ2v) is 8.92. The largest absolute Gasteiger partial charge is 0.378 e. The molecule has 8 nitrogen and oxygen atoms in total. The van der Waals surface area contributed by atoms with Crippen molar-refractivity contribution >= 4 is 45.8 Å². The van der Waals surface area contributed by atoms with Gasteiger partial charge in [-0.3, -0.25) is 4.90 Å². The molecule has 0 atom stereocenters. The van der Waals surface area contributed by atoms with Crippen LogP contribution < -0.4 is 16.0 Å². The molecule has 0 radical (unpaired) electrons. The topological polar surface area (TPSA) is 92.4 Å². The number of morpholine rings is 1. The molecule has 3 N–H and O–H groups in total. The Morgan fingerprint density at radius 3 is 2.50 bits per heavy atom. The van der Waals surface area contributed by atoms with E-state index in [-0.39, 0.29) is 5.95 Å². The Kier molecular flexibility index (Phi) is 7.80. The summed E-state index contributed by atoms with van der Waals surface area (Å²) in [6.45, 7) is 10.7. The van der Waals surface area contributed by atoms with Crippen molar-refractivity contribution in [3.63, 3.8) is 0 Å². The quantitative estimate of drug-likeness (QED) is 0.498. The highest BCUT2D eigenvalue weighted by Crippen LogP contribution is 2.39. The van der Waals surface area contributed by atoms with Gasteiger partial charge in [0.2, 0.25) is 5.95 Å². The highest BCUT2D eigenvalue weighted by Gasteiger charge is 2.22. The van der Waals surface area contributed by atoms with Crippen molar-refractivity contribution in [3.05, 3.63) is 28.9 Å². The van der Waals surface area contributed by atoms with E-state index in [0.29, 0.717) is 0 Å². The summed E-state index contributed by atoms with van der Waals surface area (Å²) in [5.74, 6) is 1.32. The van der Waals surface area contributed by atoms with Crippen LogP contribution >= 0.6 is 24.0 Å². The van der Waals surface area contributed by atoms with Gasteiger partial charge in [-0.05, 0) is 24.8 Å². The summed E-state index contributed by atoms with van der Waals surface area (Å²) in [6.07, 6.45) is 5.20. The van der Waals surface area contributed by atoms with Gasteiger partial charge in [0.1, 0.15) is 5.82 Å². The van der Waals surface area contributed by atoms with Crippen LogP contribution in [0.15, 0.2) is 18.5 Å². The zero-order valence-corrected chi connectivity index (χ0v) is 20.4. The molecule has 2 aliphatic rings. The first-order valence-corrected chi connectivity index (χ1v) is 12.6. The summed E-state index contributed by atoms with van der Waals surface area (Å²) in [5.41, 5.74) is 8.81. The molecule has 2 aliphatic heterocycles. The second-order valence-electron chi connectivity index (χ2n) is 7.81. The summed E-state index contributed by atoms with van der Waals surface area (Å²) in [5, 5.41) is 4.71. The Labute approximate surface area is 198 Å². The van der Waals surface area contributed by atoms with E-state index in [1.165, 1.54) is 20.5 Å². The maximum Gasteiger partial charge on any atom is 0.219 e. The van der Waals surface area contributed by atoms with Gasteiger partial charge in [0.05, 0.1) is 23.6 Å². The molecule has 10 heteroatoms. The van der Waals surface area contributed by atoms with Crippen LogP contribution in [0, 0.1) is 6.92 Å². The molecule has 2 fully saturated rings. The maximum absolute atomic E-state index is 5.69. The molecule has 0 spiro atoms. The molecule has 0 saturated carbocycles. The zero-order chi connectivity index (χ0) is 22.5. The van der Waals surface area contributed by atoms with Crippen molar-refractivity contribution < 1.29 is 4.74 Å². The van der Waals surface area contributed by atoms with E-state index in [1.807, 2.05) is 11.3 Å². The average molecular weight is 474 g/mol. The number of thiophene rings is 1. The van der Waals surface area contributed by atoms with Crippen LogP contribution in [0.5, 0.6) is 0 Å². The molecule has 32 heavy (non-hydrogen) atoms. The van der Waals surface area contributed by atoms with E-state index >= 15 is 0 Å². The summed E-state index contributed by atoms with van der Waals surface area (Å²) in [4.78, 5) is 19.7. The maximum atomic E-state index is 5.69. The molecule has 5 heterocycles. The number of nitrogens with one attached hydrogen (secondary N) is 1. The number of thiol groups is 1. The van der Waals surface area contributed by atoms with Crippen molar-refractivity contribution in [2.24, 2.45) is 0 Å². The highest BCUT2D eigenvalue weighted by molar-refractivity contribution is 7.79. The van der Waals surface area contributed by atoms with E-state index < -0.39 is 0 Å². The van der Waals surface area contributed by atoms with Crippen molar-refractivity contribution in [3.8, 4) is 11.3 Å². The summed E-state index contributed by atoms with van der Waals surface area (Å²) in [6, 6.07) is 2.18. The van der Waals surface area contributed by atoms with Gasteiger partial charge in [0.25, 0.3) is 0 Å². The first-order valence-electron chi connectivity index (χ1n) is 10.9. The van der Waals surface area contributed by atoms with Crippen molar-refractivity contribution in [2.75, 3.05) is 69.4 Å². The fraction of sp³-hybridized carbons (Fsp3) is 0.500. The fourth-order valence-electron chi connectivity index (χ4n) is 4.08. The molecular weight excluding hydrogens is 442 g/mol. The van der Waals surface area contributed by atoms with E-state index in [4.69, 9.17) is 15.5 Å². The number of pyridine rings is 1. The summed E-state index contributed by atoms with van der Waals surface area (Å²) in [7, 11) is 0. The average Bonchev–Trinajstić information content (AvgIpc) is 3.16. The van der Waals surface area contributed by atoms with Gasteiger partial charge >= 0.3 is 0 Å². The van der Waals surface area contributed by atoms with Crippen LogP contribution in [0.1, 0.15) is 10.4 Å². The van der Waals surface area contributed by atoms with Crippen molar-refractivity contribution in [2.45, 2.75) is 13.5 Å². The Balaban J connectivity index is 0.00000119. The van der Waals surface area contributed by atoms with Gasteiger partial charge in [0, 0.05) is 74.0 Å². The molecule has 0 unspecified atom stereocenters. The fourth-order valence-corrected chi connectivity index (χ4v) is 5.42. The van der Waals surface area contributed by atoms with Crippen LogP contribution in [-0.2, 0) is 11.3 Å². The number of aromatic nitrogens is 3. The molecule has 3 aromatic heterocycles. The molecule has 0 aliphatic carbocycles. The van der Waals surface area contributed by atoms with Crippen LogP contribution in [0.2, 0.25) is 0 Å². The number of rotatable bonds is 4. The summed E-state index contributed by atoms with van der Waals surface area (Å²) < 4.78 is 6.84. The number of nitrogens with two attached hydrogens (primary N) is 1. The molecule has 3 aromatic rings. The number of fused-ring (bicyclic) bond motifs is 1. The lowest BCUT2D eigenvalue weighted by molar-refractivity contribution is 0.122. The Hall–Kier alpha value is -1.98. The van der Waals surface area contributed by atoms with Gasteiger partial charge in [-0.15, -0.1) is 11.3 Å². The molecule has 5 rings (SSSR count). The predicted molar refractivity (Wildman–Crippen MR) is 136 cm³/mol. The molecule has 0 aromatic carbocycles. The third-order valence-corrected chi connectivity index (χ3v) is 7.15. The molecule has 0 amide bonds. The molecular formula is C22H31N7OS2. The standard InChI is InChI=1S/C21H27N7OS.CH4S/c1-14-16-10-17(15-11-24-21(22)25-12-15)26-20(28-6-8-29-9-7-28)19(16)30-18(14)13-27-4-2-23-3-5-27;1-2/h10-12,23H,2-9,13H2,1H3,(H2,22,24,25);2H,1H3. The number of hydrogen-bond donors (Lipinski definition) is 3. The van der Waals surface area contributed by atoms with E-state index in [2.05, 4.69) is 50.7 Å². The number of ether oxygens (including phenoxy) is 1. The lowest BCUT2D eigenvalue weighted by atomic mass is 10.1. The van der Waals surface area contributed by atoms with Gasteiger partial charge in [0.15, 0.2) is 0 Å². The highest BCUT2D eigenvalue weighted by atomic mass is 32.1. The zero-order valence-electron chi connectivity index (χ0n) is 18.7. The van der Waals surface area contributed by atoms with E-state index in [1.54, 1.807) is 18.6 Å². The minimum Gasteiger partial charge on any atom is -0.378 e. The Morgan fingerprint density at radius 2 is 1.81 bits per heavy atom. The normalized spacial score (nSPS) is 17.3. The minimum atomic E-state index is 0.276. The number of piperazine rings is 1. The van der Waals surface area contributed by atoms with Crippen LogP contribution in [0.25, 0.3) is 21.3 Å². The van der Waals surface area contributed by atoms with Crippen molar-refractivity contribution in [1.82, 2.24) is 25.2 Å². The smallest absolute Gasteiger partial charge is 0.219 e. The predicted octanol–water partition coefficient (Wildman–Crippen LogP) is 2.43. The first-order chi connectivity index (χ1) is 15.7. The number of hydrogen-bond acceptors (Lipinski definition) is 10. The Bertz CT molecular complexity index is 1030. The number of nitrogens with zero attached hydrogens (tertiary/aromatic N) is 5. The molecule has 0 bridgehead atoms. The molecule has 2 saturated heterocycles. The first kappa shape index (κ1) is 23.2. The number of aryl methyl sites for hydroxylation is 1. The van der Waals surface area contributed by atoms with Gasteiger partial charge < -0.3 is 20.7 Å². The van der Waals surface area contributed by atoms with E-state index in [9.17, 15) is 0 Å². The third kappa shape index (κ3) is 4.99. The monoisotopic (exact) mass is 473 g/mol. The van der Waals surface area contributed by atoms with Gasteiger partial charge in [-0.2, -0.15) is 12.6 Å². The van der Waals surface area contributed by atoms with E-state index in [0.717, 1.165) is 76.1 Å². The second kappa shape index (κ2) is 10.8. The number of anilines is 2. The lowest BCUT2D eigenvalue weighted by Gasteiger charge is -2.28. The molecule has 172 valence electrons. The van der Waals surface area contributed by atoms with Crippen molar-refractivity contribution in [1.29, 1.82) is 0 Å². The van der Waals surface area contributed by atoms with Crippen LogP contribution in [0.3, 0.4) is 0 Å².